The Kier molecular flexibility index (Phi) is 20.6. The molecule has 50 heavy (non-hydrogen) atoms. The molecule has 0 fully saturated rings. The Bertz CT molecular complexity index is 1930. The Morgan fingerprint density at radius 1 is 0.840 bits per heavy atom. The Hall–Kier alpha value is -3.84. The van der Waals surface area contributed by atoms with Crippen molar-refractivity contribution in [2.24, 2.45) is 0 Å². The maximum atomic E-state index is 5.52. The first kappa shape index (κ1) is 42.3. The predicted octanol–water partition coefficient (Wildman–Crippen LogP) is 3.59. The van der Waals surface area contributed by atoms with Crippen molar-refractivity contribution in [3.63, 3.8) is 0 Å². The summed E-state index contributed by atoms with van der Waals surface area (Å²) in [5.74, 6) is 0. The summed E-state index contributed by atoms with van der Waals surface area (Å²) in [6, 6.07) is 15.3. The number of anilines is 1. The summed E-state index contributed by atoms with van der Waals surface area (Å²) in [5.41, 5.74) is 27.2. The molecule has 225 valence electrons. The molecule has 1 aliphatic rings. The van der Waals surface area contributed by atoms with Gasteiger partial charge in [-0.1, -0.05) is 23.6 Å². The van der Waals surface area contributed by atoms with Crippen LogP contribution in [0.4, 0.5) is 5.69 Å². The smallest absolute Gasteiger partial charge is 0.0922 e. The molecule has 0 amide bonds. The van der Waals surface area contributed by atoms with Gasteiger partial charge in [-0.3, -0.25) is 0 Å². The number of fused-ring (bicyclic) bond motifs is 2. The maximum Gasteiger partial charge on any atom is 0.0922 e. The van der Waals surface area contributed by atoms with Gasteiger partial charge in [0.05, 0.1) is 18.6 Å². The molecule has 2 aromatic carbocycles. The number of hydrogen-bond donors (Lipinski definition) is 2. The van der Waals surface area contributed by atoms with Gasteiger partial charge >= 0.3 is 0 Å². The van der Waals surface area contributed by atoms with E-state index in [1.54, 1.807) is 29.9 Å². The van der Waals surface area contributed by atoms with Gasteiger partial charge in [0.2, 0.25) is 0 Å². The topological polar surface area (TPSA) is 47.7 Å². The van der Waals surface area contributed by atoms with Gasteiger partial charge < -0.3 is 14.9 Å². The second-order valence-electron chi connectivity index (χ2n) is 10.4. The Labute approximate surface area is 316 Å². The van der Waals surface area contributed by atoms with Gasteiger partial charge in [-0.25, -0.2) is 4.98 Å². The normalized spacial score (nSPS) is 9.76. The minimum absolute atomic E-state index is 0.389. The van der Waals surface area contributed by atoms with Gasteiger partial charge in [-0.15, -0.1) is 23.5 Å². The molecule has 0 unspecified atom stereocenters. The quantitative estimate of drug-likeness (QED) is 0.172. The van der Waals surface area contributed by atoms with Crippen LogP contribution in [0.5, 0.6) is 0 Å². The lowest BCUT2D eigenvalue weighted by atomic mass is 8.56. The van der Waals surface area contributed by atoms with E-state index in [2.05, 4.69) is 140 Å². The summed E-state index contributed by atoms with van der Waals surface area (Å²) in [5, 5.41) is 1.28. The largest absolute Gasteiger partial charge is 0.365 e. The number of H-pyrrole nitrogens is 2. The third-order valence-electron chi connectivity index (χ3n) is 7.07. The summed E-state index contributed by atoms with van der Waals surface area (Å²) in [6.45, 7) is 8.57. The van der Waals surface area contributed by atoms with Gasteiger partial charge in [0.1, 0.15) is 0 Å². The zero-order valence-electron chi connectivity index (χ0n) is 28.4. The molecule has 4 nitrogen and oxygen atoms in total. The number of hydrogen-bond acceptors (Lipinski definition) is 4. The zero-order valence-corrected chi connectivity index (χ0v) is 30.0. The molecule has 1 aliphatic heterocycles. The first-order valence-electron chi connectivity index (χ1n) is 15.3. The Balaban J connectivity index is 0.000000237. The molecule has 0 spiro atoms. The molecule has 2 N–H and O–H groups in total. The minimum Gasteiger partial charge on any atom is -0.365 e. The van der Waals surface area contributed by atoms with Crippen LogP contribution in [0.3, 0.4) is 0 Å². The molecular formula is C33H28B11N4S2. The number of thioether (sulfide) groups is 2. The van der Waals surface area contributed by atoms with Gasteiger partial charge in [0, 0.05) is 119 Å². The lowest BCUT2D eigenvalue weighted by molar-refractivity contribution is 0.819. The fourth-order valence-corrected chi connectivity index (χ4v) is 5.46. The molecule has 13 radical (unpaired) electrons. The SMILES string of the molecule is C=C=C=C=C=C=C=C=C=C=C.CSc1ccc2c(c1)N(Cc1cnc[nH]1)CC2.CSc1ccc2cc[nH]c2c1.[B][B]B([B])B(B([B])[B])B([B])[B]. The number of nitrogens with zero attached hydrogens (tertiary/aromatic N) is 2. The van der Waals surface area contributed by atoms with Crippen molar-refractivity contribution in [3.05, 3.63) is 137 Å². The number of rotatable bonds is 8. The van der Waals surface area contributed by atoms with Crippen LogP contribution in [-0.2, 0) is 13.0 Å². The number of aromatic nitrogens is 3. The van der Waals surface area contributed by atoms with Crippen molar-refractivity contribution in [2.75, 3.05) is 24.0 Å². The molecule has 0 saturated carbocycles. The fraction of sp³-hybridized carbons (Fsp3) is 0.152. The monoisotopic (exact) mass is 665 g/mol. The average Bonchev–Trinajstić information content (AvgIpc) is 3.90. The van der Waals surface area contributed by atoms with Crippen LogP contribution < -0.4 is 4.90 Å². The molecule has 0 bridgehead atoms. The number of aromatic amines is 2. The van der Waals surface area contributed by atoms with E-state index in [1.807, 2.05) is 12.4 Å². The van der Waals surface area contributed by atoms with Gasteiger partial charge in [-0.05, 0) is 113 Å². The molecule has 5 rings (SSSR count). The zero-order chi connectivity index (χ0) is 36.7. The minimum atomic E-state index is -0.648. The van der Waals surface area contributed by atoms with Crippen molar-refractivity contribution in [1.82, 2.24) is 15.0 Å². The van der Waals surface area contributed by atoms with E-state index >= 15 is 0 Å². The highest BCUT2D eigenvalue weighted by molar-refractivity contribution is 8.02. The van der Waals surface area contributed by atoms with E-state index < -0.39 is 19.2 Å². The molecule has 2 aromatic heterocycles. The van der Waals surface area contributed by atoms with Gasteiger partial charge in [0.25, 0.3) is 0 Å². The maximum absolute atomic E-state index is 5.52. The summed E-state index contributed by atoms with van der Waals surface area (Å²) >= 11 is 3.57. The van der Waals surface area contributed by atoms with Crippen LogP contribution in [0.2, 0.25) is 0 Å². The Morgan fingerprint density at radius 3 is 1.96 bits per heavy atom. The number of nitrogens with one attached hydrogen (secondary N) is 2. The fourth-order valence-electron chi connectivity index (χ4n) is 4.59. The van der Waals surface area contributed by atoms with Crippen molar-refractivity contribution in [2.45, 2.75) is 22.8 Å². The first-order valence-corrected chi connectivity index (χ1v) is 17.8. The van der Waals surface area contributed by atoms with E-state index in [1.165, 1.54) is 44.7 Å². The van der Waals surface area contributed by atoms with Crippen LogP contribution in [0.25, 0.3) is 10.9 Å². The summed E-state index contributed by atoms with van der Waals surface area (Å²) in [4.78, 5) is 15.5. The third kappa shape index (κ3) is 15.0. The van der Waals surface area contributed by atoms with E-state index in [9.17, 15) is 0 Å². The second kappa shape index (κ2) is 24.3. The Morgan fingerprint density at radius 2 is 1.44 bits per heavy atom. The number of benzene rings is 2. The van der Waals surface area contributed by atoms with Gasteiger partial charge in [0.15, 0.2) is 0 Å². The molecule has 4 aromatic rings. The summed E-state index contributed by atoms with van der Waals surface area (Å²) < 4.78 is 0. The average molecular weight is 664 g/mol. The van der Waals surface area contributed by atoms with Crippen LogP contribution >= 0.6 is 23.5 Å². The highest BCUT2D eigenvalue weighted by atomic mass is 32.2. The second-order valence-corrected chi connectivity index (χ2v) is 12.2. The van der Waals surface area contributed by atoms with E-state index in [0.29, 0.717) is 0 Å². The van der Waals surface area contributed by atoms with Crippen molar-refractivity contribution in [3.8, 4) is 0 Å². The lowest BCUT2D eigenvalue weighted by Crippen LogP contribution is -2.63. The molecule has 17 heteroatoms. The van der Waals surface area contributed by atoms with Crippen LogP contribution in [-0.4, -0.2) is 113 Å². The highest BCUT2D eigenvalue weighted by Crippen LogP contribution is 2.32. The van der Waals surface area contributed by atoms with Crippen molar-refractivity contribution < 1.29 is 0 Å². The molecule has 3 heterocycles. The van der Waals surface area contributed by atoms with Crippen molar-refractivity contribution >= 4 is 119 Å². The highest BCUT2D eigenvalue weighted by Gasteiger charge is 2.26. The van der Waals surface area contributed by atoms with Crippen LogP contribution in [0.1, 0.15) is 11.3 Å². The summed E-state index contributed by atoms with van der Waals surface area (Å²) in [7, 11) is 33.5. The first-order chi connectivity index (χ1) is 24.2. The molecule has 0 atom stereocenters. The van der Waals surface area contributed by atoms with Gasteiger partial charge in [-0.2, -0.15) is 0 Å². The molecule has 0 aliphatic carbocycles. The molecule has 0 saturated heterocycles. The van der Waals surface area contributed by atoms with Crippen LogP contribution in [0.15, 0.2) is 136 Å². The standard InChI is InChI=1S/C13H15N3S.C11H4.C9H9NS.B11/c1-17-12-3-2-10-4-5-16(13(10)6-12)8-11-7-14-9-15-11;1-3-5-7-9-11-10-8-6-4-2;1-11-8-3-2-7-4-5-10-9(7)6-8;1-7-10(6)11(8(2)3)9(4)5/h2-3,6-7,9H,4-5,8H2,1H3,(H,14,15);1-2H2;2-6,10H,1H3;. The third-order valence-corrected chi connectivity index (χ3v) is 8.52. The van der Waals surface area contributed by atoms with Crippen molar-refractivity contribution in [1.29, 1.82) is 0 Å². The predicted molar refractivity (Wildman–Crippen MR) is 228 cm³/mol. The van der Waals surface area contributed by atoms with E-state index in [0.717, 1.165) is 19.5 Å². The summed E-state index contributed by atoms with van der Waals surface area (Å²) in [6.07, 6.45) is 8.82. The molecular weight excluding hydrogens is 635 g/mol. The van der Waals surface area contributed by atoms with E-state index in [-0.39, 0.29) is 6.39 Å². The van der Waals surface area contributed by atoms with E-state index in [4.69, 9.17) is 46.4 Å². The van der Waals surface area contributed by atoms with Crippen LogP contribution in [0, 0.1) is 0 Å². The number of imidazole rings is 1. The lowest BCUT2D eigenvalue weighted by Gasteiger charge is -2.25.